The number of hydrogen-bond donors (Lipinski definition) is 0. The third-order valence-electron chi connectivity index (χ3n) is 2.64. The molecule has 0 aromatic heterocycles. The van der Waals surface area contributed by atoms with Crippen molar-refractivity contribution in [2.45, 2.75) is 13.8 Å². The molecule has 0 atom stereocenters. The van der Waals surface area contributed by atoms with Gasteiger partial charge in [-0.15, -0.1) is 0 Å². The van der Waals surface area contributed by atoms with Crippen LogP contribution in [-0.4, -0.2) is 35.2 Å². The number of rotatable bonds is 5. The van der Waals surface area contributed by atoms with Gasteiger partial charge in [0.2, 0.25) is 0 Å². The van der Waals surface area contributed by atoms with Gasteiger partial charge < -0.3 is 9.64 Å². The van der Waals surface area contributed by atoms with Crippen LogP contribution in [0.3, 0.4) is 0 Å². The van der Waals surface area contributed by atoms with E-state index >= 15 is 0 Å². The monoisotopic (exact) mass is 280 g/mol. The van der Waals surface area contributed by atoms with Crippen LogP contribution in [0.5, 0.6) is 5.75 Å². The fourth-order valence-electron chi connectivity index (χ4n) is 1.67. The van der Waals surface area contributed by atoms with Crippen LogP contribution in [-0.2, 0) is 0 Å². The van der Waals surface area contributed by atoms with Crippen LogP contribution in [0.25, 0.3) is 0 Å². The zero-order valence-corrected chi connectivity index (χ0v) is 12.4. The lowest BCUT2D eigenvalue weighted by Crippen LogP contribution is -2.29. The first-order chi connectivity index (χ1) is 8.67. The van der Waals surface area contributed by atoms with Crippen molar-refractivity contribution in [3.63, 3.8) is 0 Å². The lowest BCUT2D eigenvalue weighted by Gasteiger charge is -2.23. The molecule has 0 saturated carbocycles. The zero-order valence-electron chi connectivity index (χ0n) is 10.8. The van der Waals surface area contributed by atoms with Crippen LogP contribution in [0.2, 0.25) is 0 Å². The van der Waals surface area contributed by atoms with Gasteiger partial charge in [0.15, 0.2) is 0 Å². The zero-order chi connectivity index (χ0) is 13.5. The highest BCUT2D eigenvalue weighted by Gasteiger charge is 2.14. The molecule has 5 heteroatoms. The fourth-order valence-corrected chi connectivity index (χ4v) is 2.19. The molecule has 18 heavy (non-hydrogen) atoms. The van der Waals surface area contributed by atoms with E-state index in [2.05, 4.69) is 41.1 Å². The topological polar surface area (TPSA) is 24.8 Å². The maximum absolute atomic E-state index is 5.50. The standard InChI is InChI=1S/C13H16N2OS2/c1-4-15(5-2)13(18)11-8-10(14-9-17)6-7-12(11)16-3/h6-8H,4-5H2,1-3H3. The summed E-state index contributed by atoms with van der Waals surface area (Å²) >= 11 is 10.1. The number of hydrogen-bond acceptors (Lipinski definition) is 4. The van der Waals surface area contributed by atoms with E-state index in [1.165, 1.54) is 0 Å². The van der Waals surface area contributed by atoms with Gasteiger partial charge in [-0.25, -0.2) is 0 Å². The van der Waals surface area contributed by atoms with E-state index in [-0.39, 0.29) is 0 Å². The van der Waals surface area contributed by atoms with E-state index in [0.29, 0.717) is 0 Å². The summed E-state index contributed by atoms with van der Waals surface area (Å²) in [5.41, 5.74) is 1.60. The van der Waals surface area contributed by atoms with E-state index < -0.39 is 0 Å². The molecule has 1 aromatic rings. The van der Waals surface area contributed by atoms with Crippen LogP contribution in [0.1, 0.15) is 19.4 Å². The Morgan fingerprint density at radius 2 is 2.06 bits per heavy atom. The van der Waals surface area contributed by atoms with E-state index in [1.807, 2.05) is 18.2 Å². The van der Waals surface area contributed by atoms with Crippen molar-refractivity contribution in [3.05, 3.63) is 23.8 Å². The number of aliphatic imine (C=N–C) groups is 1. The number of benzene rings is 1. The van der Waals surface area contributed by atoms with Gasteiger partial charge >= 0.3 is 0 Å². The first-order valence-corrected chi connectivity index (χ1v) is 6.54. The average Bonchev–Trinajstić information content (AvgIpc) is 2.40. The molecule has 0 spiro atoms. The van der Waals surface area contributed by atoms with Crippen LogP contribution < -0.4 is 4.74 Å². The Hall–Kier alpha value is -1.29. The molecular weight excluding hydrogens is 264 g/mol. The molecule has 1 rings (SSSR count). The second-order valence-electron chi connectivity index (χ2n) is 3.57. The van der Waals surface area contributed by atoms with Crippen LogP contribution in [0.15, 0.2) is 23.2 Å². The molecule has 0 fully saturated rings. The van der Waals surface area contributed by atoms with E-state index in [1.54, 1.807) is 7.11 Å². The molecule has 0 aliphatic carbocycles. The highest BCUT2D eigenvalue weighted by Crippen LogP contribution is 2.26. The summed E-state index contributed by atoms with van der Waals surface area (Å²) in [5, 5.41) is 2.36. The van der Waals surface area contributed by atoms with Crippen molar-refractivity contribution in [2.75, 3.05) is 20.2 Å². The second kappa shape index (κ2) is 7.21. The number of ether oxygens (including phenoxy) is 1. The largest absolute Gasteiger partial charge is 0.496 e. The van der Waals surface area contributed by atoms with Gasteiger partial charge in [0.25, 0.3) is 0 Å². The highest BCUT2D eigenvalue weighted by molar-refractivity contribution is 7.80. The Morgan fingerprint density at radius 1 is 1.39 bits per heavy atom. The van der Waals surface area contributed by atoms with Crippen LogP contribution in [0, 0.1) is 0 Å². The first kappa shape index (κ1) is 14.8. The smallest absolute Gasteiger partial charge is 0.129 e. The fraction of sp³-hybridized carbons (Fsp3) is 0.385. The predicted molar refractivity (Wildman–Crippen MR) is 82.3 cm³/mol. The second-order valence-corrected chi connectivity index (χ2v) is 4.13. The van der Waals surface area contributed by atoms with Crippen molar-refractivity contribution in [2.24, 2.45) is 4.99 Å². The average molecular weight is 280 g/mol. The summed E-state index contributed by atoms with van der Waals surface area (Å²) in [6, 6.07) is 5.54. The normalized spacial score (nSPS) is 9.50. The number of thiocarbonyl (C=S) groups is 2. The van der Waals surface area contributed by atoms with E-state index in [9.17, 15) is 0 Å². The number of isothiocyanates is 1. The Morgan fingerprint density at radius 3 is 2.56 bits per heavy atom. The molecule has 0 aliphatic heterocycles. The molecule has 0 radical (unpaired) electrons. The molecular formula is C13H16N2OS2. The Kier molecular flexibility index (Phi) is 5.92. The summed E-state index contributed by atoms with van der Waals surface area (Å²) in [5.74, 6) is 0.746. The minimum Gasteiger partial charge on any atom is -0.496 e. The molecule has 3 nitrogen and oxygen atoms in total. The Bertz CT molecular complexity index is 478. The molecule has 1 aromatic carbocycles. The SMILES string of the molecule is CCN(CC)C(=S)c1cc(N=C=S)ccc1OC. The number of methoxy groups -OCH3 is 1. The maximum Gasteiger partial charge on any atom is 0.129 e. The maximum atomic E-state index is 5.50. The lowest BCUT2D eigenvalue weighted by molar-refractivity contribution is 0.411. The Balaban J connectivity index is 3.22. The summed E-state index contributed by atoms with van der Waals surface area (Å²) in [7, 11) is 1.63. The third-order valence-corrected chi connectivity index (χ3v) is 3.21. The molecule has 0 saturated heterocycles. The Labute approximate surface area is 118 Å². The van der Waals surface area contributed by atoms with E-state index in [4.69, 9.17) is 17.0 Å². The van der Waals surface area contributed by atoms with Gasteiger partial charge in [-0.1, -0.05) is 12.2 Å². The minimum absolute atomic E-state index is 0.732. The first-order valence-electron chi connectivity index (χ1n) is 5.73. The summed E-state index contributed by atoms with van der Waals surface area (Å²) < 4.78 is 5.34. The van der Waals surface area contributed by atoms with Gasteiger partial charge in [0.05, 0.1) is 23.5 Å². The number of nitrogens with zero attached hydrogens (tertiary/aromatic N) is 2. The van der Waals surface area contributed by atoms with Crippen molar-refractivity contribution in [3.8, 4) is 5.75 Å². The third kappa shape index (κ3) is 3.35. The van der Waals surface area contributed by atoms with Gasteiger partial charge in [-0.3, -0.25) is 0 Å². The minimum atomic E-state index is 0.732. The van der Waals surface area contributed by atoms with Crippen molar-refractivity contribution < 1.29 is 4.74 Å². The molecule has 0 unspecified atom stereocenters. The van der Waals surface area contributed by atoms with Gasteiger partial charge in [-0.2, -0.15) is 4.99 Å². The van der Waals surface area contributed by atoms with Gasteiger partial charge in [0, 0.05) is 13.1 Å². The van der Waals surface area contributed by atoms with Gasteiger partial charge in [0.1, 0.15) is 10.7 Å². The predicted octanol–water partition coefficient (Wildman–Crippen LogP) is 3.45. The molecule has 0 bridgehead atoms. The van der Waals surface area contributed by atoms with Crippen molar-refractivity contribution in [1.29, 1.82) is 0 Å². The van der Waals surface area contributed by atoms with Crippen molar-refractivity contribution in [1.82, 2.24) is 4.90 Å². The quantitative estimate of drug-likeness (QED) is 0.609. The van der Waals surface area contributed by atoms with Crippen LogP contribution in [0.4, 0.5) is 5.69 Å². The lowest BCUT2D eigenvalue weighted by atomic mass is 10.1. The molecule has 96 valence electrons. The highest BCUT2D eigenvalue weighted by atomic mass is 32.1. The van der Waals surface area contributed by atoms with E-state index in [0.717, 1.165) is 35.1 Å². The van der Waals surface area contributed by atoms with Crippen molar-refractivity contribution >= 4 is 40.3 Å². The summed E-state index contributed by atoms with van der Waals surface area (Å²) in [6.45, 7) is 5.86. The molecule has 0 amide bonds. The van der Waals surface area contributed by atoms with Crippen LogP contribution >= 0.6 is 24.4 Å². The summed E-state index contributed by atoms with van der Waals surface area (Å²) in [4.78, 5) is 6.82. The summed E-state index contributed by atoms with van der Waals surface area (Å²) in [6.07, 6.45) is 0. The molecule has 0 N–H and O–H groups in total. The van der Waals surface area contributed by atoms with Gasteiger partial charge in [-0.05, 0) is 44.3 Å². The molecule has 0 heterocycles. The molecule has 0 aliphatic rings.